The molecule has 1 aliphatic heterocycles. The largest absolute Gasteiger partial charge is 0.391 e. The summed E-state index contributed by atoms with van der Waals surface area (Å²) in [6.45, 7) is 3.58. The Morgan fingerprint density at radius 1 is 1.33 bits per heavy atom. The Hall–Kier alpha value is -2.28. The van der Waals surface area contributed by atoms with Crippen molar-refractivity contribution in [3.8, 4) is 0 Å². The van der Waals surface area contributed by atoms with Crippen molar-refractivity contribution < 1.29 is 18.7 Å². The van der Waals surface area contributed by atoms with Crippen LogP contribution in [-0.2, 0) is 7.05 Å². The van der Waals surface area contributed by atoms with E-state index in [0.29, 0.717) is 17.0 Å². The van der Waals surface area contributed by atoms with Crippen LogP contribution in [0.2, 0.25) is 0 Å². The number of rotatable bonds is 2. The molecule has 0 saturated carbocycles. The lowest BCUT2D eigenvalue weighted by Gasteiger charge is -2.25. The van der Waals surface area contributed by atoms with Gasteiger partial charge in [-0.3, -0.25) is 9.48 Å². The van der Waals surface area contributed by atoms with Crippen molar-refractivity contribution in [3.63, 3.8) is 0 Å². The lowest BCUT2D eigenvalue weighted by Crippen LogP contribution is -2.33. The van der Waals surface area contributed by atoms with Crippen LogP contribution in [0.15, 0.2) is 18.2 Å². The van der Waals surface area contributed by atoms with Gasteiger partial charge < -0.3 is 10.0 Å². The van der Waals surface area contributed by atoms with Gasteiger partial charge in [0.15, 0.2) is 0 Å². The van der Waals surface area contributed by atoms with Crippen LogP contribution in [0, 0.1) is 25.5 Å². The summed E-state index contributed by atoms with van der Waals surface area (Å²) >= 11 is 0. The van der Waals surface area contributed by atoms with Crippen LogP contribution in [-0.4, -0.2) is 38.3 Å². The van der Waals surface area contributed by atoms with Gasteiger partial charge in [-0.25, -0.2) is 8.78 Å². The summed E-state index contributed by atoms with van der Waals surface area (Å²) < 4.78 is 29.3. The summed E-state index contributed by atoms with van der Waals surface area (Å²) in [5.74, 6) is -1.50. The summed E-state index contributed by atoms with van der Waals surface area (Å²) in [4.78, 5) is 14.4. The average Bonchev–Trinajstić information content (AvgIpc) is 3.02. The van der Waals surface area contributed by atoms with Crippen molar-refractivity contribution in [2.45, 2.75) is 32.4 Å². The number of halogens is 2. The van der Waals surface area contributed by atoms with E-state index < -0.39 is 23.8 Å². The molecule has 3 rings (SSSR count). The van der Waals surface area contributed by atoms with Crippen LogP contribution in [0.25, 0.3) is 0 Å². The molecule has 0 spiro atoms. The Bertz CT molecular complexity index is 803. The number of benzene rings is 1. The van der Waals surface area contributed by atoms with Crippen LogP contribution in [0.4, 0.5) is 8.78 Å². The summed E-state index contributed by atoms with van der Waals surface area (Å²) in [6.07, 6.45) is -0.608. The first-order valence-corrected chi connectivity index (χ1v) is 7.73. The van der Waals surface area contributed by atoms with Crippen molar-refractivity contribution in [1.29, 1.82) is 0 Å². The molecule has 7 heteroatoms. The van der Waals surface area contributed by atoms with Gasteiger partial charge in [-0.15, -0.1) is 0 Å². The smallest absolute Gasteiger partial charge is 0.258 e. The molecule has 1 N–H and O–H groups in total. The quantitative estimate of drug-likeness (QED) is 0.916. The predicted molar refractivity (Wildman–Crippen MR) is 83.4 cm³/mol. The molecule has 1 fully saturated rings. The molecule has 1 aromatic heterocycles. The van der Waals surface area contributed by atoms with Gasteiger partial charge >= 0.3 is 0 Å². The van der Waals surface area contributed by atoms with E-state index in [4.69, 9.17) is 0 Å². The minimum atomic E-state index is -0.779. The van der Waals surface area contributed by atoms with Crippen LogP contribution in [0.1, 0.15) is 39.8 Å². The highest BCUT2D eigenvalue weighted by molar-refractivity contribution is 5.97. The average molecular weight is 335 g/mol. The first-order valence-electron chi connectivity index (χ1n) is 7.73. The third-order valence-corrected chi connectivity index (χ3v) is 4.58. The number of aromatic nitrogens is 2. The van der Waals surface area contributed by atoms with E-state index >= 15 is 0 Å². The number of carbonyl (C=O) groups excluding carboxylic acids is 1. The van der Waals surface area contributed by atoms with E-state index in [1.165, 1.54) is 4.90 Å². The molecule has 2 heterocycles. The van der Waals surface area contributed by atoms with E-state index in [0.717, 1.165) is 18.2 Å². The molecular weight excluding hydrogens is 316 g/mol. The van der Waals surface area contributed by atoms with E-state index in [1.807, 2.05) is 0 Å². The highest BCUT2D eigenvalue weighted by atomic mass is 19.1. The minimum Gasteiger partial charge on any atom is -0.391 e. The second-order valence-electron chi connectivity index (χ2n) is 6.20. The molecule has 5 nitrogen and oxygen atoms in total. The molecular formula is C17H19F2N3O2. The number of hydrogen-bond donors (Lipinski definition) is 1. The van der Waals surface area contributed by atoms with Gasteiger partial charge in [0.1, 0.15) is 11.6 Å². The van der Waals surface area contributed by atoms with E-state index in [1.54, 1.807) is 25.6 Å². The standard InChI is InChI=1S/C17H19F2N3O2/c1-9-16(10(2)21(3)20-9)17(24)22-8-12(23)7-15(22)13-6-11(18)4-5-14(13)19/h4-6,12,15,23H,7-8H2,1-3H3/t12-,15-/m1/s1. The van der Waals surface area contributed by atoms with E-state index in [9.17, 15) is 18.7 Å². The summed E-state index contributed by atoms with van der Waals surface area (Å²) in [5.41, 5.74) is 1.78. The van der Waals surface area contributed by atoms with Gasteiger partial charge in [0.05, 0.1) is 23.4 Å². The molecule has 1 amide bonds. The van der Waals surface area contributed by atoms with Gasteiger partial charge in [0, 0.05) is 24.8 Å². The maximum atomic E-state index is 14.1. The predicted octanol–water partition coefficient (Wildman–Crippen LogP) is 2.26. The fraction of sp³-hybridized carbons (Fsp3) is 0.412. The topological polar surface area (TPSA) is 58.4 Å². The molecule has 1 aromatic carbocycles. The molecule has 2 atom stereocenters. The number of aliphatic hydroxyl groups excluding tert-OH is 1. The number of aliphatic hydroxyl groups is 1. The Morgan fingerprint density at radius 3 is 2.67 bits per heavy atom. The highest BCUT2D eigenvalue weighted by Gasteiger charge is 2.38. The van der Waals surface area contributed by atoms with E-state index in [2.05, 4.69) is 5.10 Å². The van der Waals surface area contributed by atoms with Gasteiger partial charge in [-0.2, -0.15) is 5.10 Å². The maximum absolute atomic E-state index is 14.1. The molecule has 0 unspecified atom stereocenters. The monoisotopic (exact) mass is 335 g/mol. The Balaban J connectivity index is 2.02. The summed E-state index contributed by atoms with van der Waals surface area (Å²) in [6, 6.07) is 2.45. The van der Waals surface area contributed by atoms with Crippen molar-refractivity contribution in [2.75, 3.05) is 6.54 Å². The third kappa shape index (κ3) is 2.69. The SMILES string of the molecule is Cc1nn(C)c(C)c1C(=O)N1C[C@H](O)C[C@@H]1c1cc(F)ccc1F. The van der Waals surface area contributed by atoms with Crippen molar-refractivity contribution in [1.82, 2.24) is 14.7 Å². The second-order valence-corrected chi connectivity index (χ2v) is 6.20. The summed E-state index contributed by atoms with van der Waals surface area (Å²) in [5, 5.41) is 14.2. The van der Waals surface area contributed by atoms with Crippen molar-refractivity contribution in [2.24, 2.45) is 7.05 Å². The van der Waals surface area contributed by atoms with Crippen LogP contribution >= 0.6 is 0 Å². The van der Waals surface area contributed by atoms with Gasteiger partial charge in [-0.1, -0.05) is 0 Å². The van der Waals surface area contributed by atoms with Gasteiger partial charge in [0.2, 0.25) is 0 Å². The number of amides is 1. The molecule has 0 bridgehead atoms. The lowest BCUT2D eigenvalue weighted by atomic mass is 10.0. The van der Waals surface area contributed by atoms with Gasteiger partial charge in [-0.05, 0) is 38.5 Å². The molecule has 2 aromatic rings. The summed E-state index contributed by atoms with van der Waals surface area (Å²) in [7, 11) is 1.74. The number of aryl methyl sites for hydroxylation is 2. The number of carbonyl (C=O) groups is 1. The van der Waals surface area contributed by atoms with E-state index in [-0.39, 0.29) is 24.4 Å². The fourth-order valence-corrected chi connectivity index (χ4v) is 3.33. The van der Waals surface area contributed by atoms with Crippen LogP contribution < -0.4 is 0 Å². The van der Waals surface area contributed by atoms with Crippen molar-refractivity contribution >= 4 is 5.91 Å². The molecule has 0 aliphatic carbocycles. The Labute approximate surface area is 138 Å². The zero-order valence-corrected chi connectivity index (χ0v) is 13.8. The minimum absolute atomic E-state index is 0.0766. The molecule has 128 valence electrons. The fourth-order valence-electron chi connectivity index (χ4n) is 3.33. The number of β-amino-alcohol motifs (C(OH)–C–C–N with tert-alkyl or cyclic N) is 1. The Morgan fingerprint density at radius 2 is 2.04 bits per heavy atom. The molecule has 24 heavy (non-hydrogen) atoms. The first-order chi connectivity index (χ1) is 11.3. The number of likely N-dealkylation sites (tertiary alicyclic amines) is 1. The highest BCUT2D eigenvalue weighted by Crippen LogP contribution is 2.35. The number of hydrogen-bond acceptors (Lipinski definition) is 3. The third-order valence-electron chi connectivity index (χ3n) is 4.58. The molecule has 0 radical (unpaired) electrons. The maximum Gasteiger partial charge on any atom is 0.258 e. The molecule has 1 aliphatic rings. The normalized spacial score (nSPS) is 20.7. The van der Waals surface area contributed by atoms with Crippen molar-refractivity contribution in [3.05, 3.63) is 52.3 Å². The zero-order chi connectivity index (χ0) is 17.6. The lowest BCUT2D eigenvalue weighted by molar-refractivity contribution is 0.0712. The Kier molecular flexibility index (Phi) is 4.13. The second kappa shape index (κ2) is 5.98. The van der Waals surface area contributed by atoms with Crippen LogP contribution in [0.3, 0.4) is 0 Å². The van der Waals surface area contributed by atoms with Gasteiger partial charge in [0.25, 0.3) is 5.91 Å². The zero-order valence-electron chi connectivity index (χ0n) is 13.8. The molecule has 1 saturated heterocycles. The van der Waals surface area contributed by atoms with Crippen LogP contribution in [0.5, 0.6) is 0 Å². The number of nitrogens with zero attached hydrogens (tertiary/aromatic N) is 3. The first kappa shape index (κ1) is 16.6.